The summed E-state index contributed by atoms with van der Waals surface area (Å²) in [6.45, 7) is 7.38. The van der Waals surface area contributed by atoms with Gasteiger partial charge < -0.3 is 10.4 Å². The lowest BCUT2D eigenvalue weighted by Gasteiger charge is -2.35. The van der Waals surface area contributed by atoms with Gasteiger partial charge in [-0.25, -0.2) is 4.79 Å². The van der Waals surface area contributed by atoms with Crippen LogP contribution in [-0.4, -0.2) is 17.7 Å². The number of amides is 1. The van der Waals surface area contributed by atoms with Crippen molar-refractivity contribution in [3.63, 3.8) is 0 Å². The molecule has 0 aromatic rings. The Morgan fingerprint density at radius 3 is 1.60 bits per heavy atom. The second-order valence-electron chi connectivity index (χ2n) is 6.15. The number of nitrogens with one attached hydrogen (secondary N) is 1. The molecule has 0 aromatic carbocycles. The second-order valence-corrected chi connectivity index (χ2v) is 6.15. The molecule has 0 heterocycles. The molecule has 0 bridgehead atoms. The SMILES string of the molecule is CCCCC(CCCC)(CCCC)CCCNC(=O)O. The minimum absolute atomic E-state index is 0.461. The zero-order valence-corrected chi connectivity index (χ0v) is 13.8. The van der Waals surface area contributed by atoms with E-state index in [1.165, 1.54) is 64.2 Å². The Bertz CT molecular complexity index is 219. The summed E-state index contributed by atoms with van der Waals surface area (Å²) in [5, 5.41) is 11.2. The van der Waals surface area contributed by atoms with Crippen LogP contribution >= 0.6 is 0 Å². The number of unbranched alkanes of at least 4 members (excludes halogenated alkanes) is 3. The van der Waals surface area contributed by atoms with E-state index in [0.29, 0.717) is 12.0 Å². The smallest absolute Gasteiger partial charge is 0.404 e. The van der Waals surface area contributed by atoms with Gasteiger partial charge in [-0.2, -0.15) is 0 Å². The largest absolute Gasteiger partial charge is 0.465 e. The van der Waals surface area contributed by atoms with Crippen molar-refractivity contribution in [2.45, 2.75) is 91.4 Å². The highest BCUT2D eigenvalue weighted by Crippen LogP contribution is 2.40. The molecule has 2 N–H and O–H groups in total. The van der Waals surface area contributed by atoms with E-state index < -0.39 is 6.09 Å². The Kier molecular flexibility index (Phi) is 11.6. The highest BCUT2D eigenvalue weighted by atomic mass is 16.4. The molecule has 3 nitrogen and oxygen atoms in total. The Morgan fingerprint density at radius 2 is 1.25 bits per heavy atom. The lowest BCUT2D eigenvalue weighted by atomic mass is 9.71. The van der Waals surface area contributed by atoms with Crippen LogP contribution in [0.1, 0.15) is 91.4 Å². The van der Waals surface area contributed by atoms with Gasteiger partial charge in [0, 0.05) is 6.54 Å². The molecule has 0 saturated carbocycles. The Labute approximate surface area is 125 Å². The normalized spacial score (nSPS) is 11.6. The van der Waals surface area contributed by atoms with Crippen LogP contribution in [0.5, 0.6) is 0 Å². The molecule has 0 aromatic heterocycles. The van der Waals surface area contributed by atoms with E-state index in [2.05, 4.69) is 26.1 Å². The molecule has 0 aliphatic rings. The van der Waals surface area contributed by atoms with Crippen LogP contribution in [0, 0.1) is 5.41 Å². The Hall–Kier alpha value is -0.730. The fourth-order valence-corrected chi connectivity index (χ4v) is 3.06. The summed E-state index contributed by atoms with van der Waals surface area (Å²) < 4.78 is 0. The van der Waals surface area contributed by atoms with Crippen molar-refractivity contribution in [3.8, 4) is 0 Å². The van der Waals surface area contributed by atoms with Gasteiger partial charge in [0.2, 0.25) is 0 Å². The summed E-state index contributed by atoms with van der Waals surface area (Å²) in [5.74, 6) is 0. The molecule has 3 heteroatoms. The Morgan fingerprint density at radius 1 is 0.850 bits per heavy atom. The van der Waals surface area contributed by atoms with E-state index >= 15 is 0 Å². The molecule has 0 saturated heterocycles. The minimum atomic E-state index is -0.897. The average Bonchev–Trinajstić information content (AvgIpc) is 2.44. The lowest BCUT2D eigenvalue weighted by molar-refractivity contribution is 0.173. The van der Waals surface area contributed by atoms with Crippen molar-refractivity contribution in [2.75, 3.05) is 6.54 Å². The molecule has 0 radical (unpaired) electrons. The minimum Gasteiger partial charge on any atom is -0.465 e. The first kappa shape index (κ1) is 19.3. The van der Waals surface area contributed by atoms with Crippen molar-refractivity contribution in [3.05, 3.63) is 0 Å². The highest BCUT2D eigenvalue weighted by Gasteiger charge is 2.27. The van der Waals surface area contributed by atoms with E-state index in [0.717, 1.165) is 6.42 Å². The molecule has 0 spiro atoms. The van der Waals surface area contributed by atoms with Crippen LogP contribution in [0.15, 0.2) is 0 Å². The molecule has 0 rings (SSSR count). The first-order chi connectivity index (χ1) is 9.60. The topological polar surface area (TPSA) is 49.3 Å². The highest BCUT2D eigenvalue weighted by molar-refractivity contribution is 5.64. The molecule has 0 unspecified atom stereocenters. The number of carbonyl (C=O) groups is 1. The van der Waals surface area contributed by atoms with Crippen molar-refractivity contribution < 1.29 is 9.90 Å². The predicted molar refractivity (Wildman–Crippen MR) is 86.3 cm³/mol. The van der Waals surface area contributed by atoms with Crippen LogP contribution in [0.3, 0.4) is 0 Å². The summed E-state index contributed by atoms with van der Waals surface area (Å²) in [6, 6.07) is 0. The van der Waals surface area contributed by atoms with Crippen LogP contribution < -0.4 is 5.32 Å². The van der Waals surface area contributed by atoms with Crippen LogP contribution in [-0.2, 0) is 0 Å². The quantitative estimate of drug-likeness (QED) is 0.433. The number of hydrogen-bond acceptors (Lipinski definition) is 1. The van der Waals surface area contributed by atoms with E-state index in [9.17, 15) is 4.79 Å². The maximum atomic E-state index is 10.5. The first-order valence-corrected chi connectivity index (χ1v) is 8.57. The van der Waals surface area contributed by atoms with Gasteiger partial charge in [0.1, 0.15) is 0 Å². The third-order valence-corrected chi connectivity index (χ3v) is 4.34. The van der Waals surface area contributed by atoms with Crippen molar-refractivity contribution in [2.24, 2.45) is 5.41 Å². The van der Waals surface area contributed by atoms with E-state index in [1.807, 2.05) is 0 Å². The van der Waals surface area contributed by atoms with Crippen LogP contribution in [0.4, 0.5) is 4.79 Å². The van der Waals surface area contributed by atoms with E-state index in [-0.39, 0.29) is 0 Å². The summed E-state index contributed by atoms with van der Waals surface area (Å²) in [6.07, 6.45) is 12.9. The fourth-order valence-electron chi connectivity index (χ4n) is 3.06. The lowest BCUT2D eigenvalue weighted by Crippen LogP contribution is -2.26. The summed E-state index contributed by atoms with van der Waals surface area (Å²) >= 11 is 0. The number of rotatable bonds is 13. The third-order valence-electron chi connectivity index (χ3n) is 4.34. The molecular formula is C17H35NO2. The van der Waals surface area contributed by atoms with Crippen molar-refractivity contribution in [1.29, 1.82) is 0 Å². The van der Waals surface area contributed by atoms with Gasteiger partial charge >= 0.3 is 6.09 Å². The maximum Gasteiger partial charge on any atom is 0.404 e. The van der Waals surface area contributed by atoms with Gasteiger partial charge in [-0.05, 0) is 37.5 Å². The van der Waals surface area contributed by atoms with E-state index in [1.54, 1.807) is 0 Å². The maximum absolute atomic E-state index is 10.5. The molecule has 120 valence electrons. The molecule has 0 aliphatic carbocycles. The molecule has 0 fully saturated rings. The van der Waals surface area contributed by atoms with E-state index in [4.69, 9.17) is 5.11 Å². The monoisotopic (exact) mass is 285 g/mol. The third kappa shape index (κ3) is 9.22. The standard InChI is InChI=1S/C17H35NO2/c1-4-7-11-17(12-8-5-2,13-9-6-3)14-10-15-18-16(19)20/h18H,4-15H2,1-3H3,(H,19,20). The molecule has 0 aliphatic heterocycles. The zero-order chi connectivity index (χ0) is 15.3. The predicted octanol–water partition coefficient (Wildman–Crippen LogP) is 5.59. The second kappa shape index (κ2) is 12.0. The zero-order valence-electron chi connectivity index (χ0n) is 13.8. The van der Waals surface area contributed by atoms with Gasteiger partial charge in [0.25, 0.3) is 0 Å². The number of carboxylic acid groups (broad SMARTS) is 1. The molecule has 1 amide bonds. The molecule has 0 atom stereocenters. The van der Waals surface area contributed by atoms with Gasteiger partial charge in [0.05, 0.1) is 0 Å². The van der Waals surface area contributed by atoms with Crippen LogP contribution in [0.25, 0.3) is 0 Å². The molecular weight excluding hydrogens is 250 g/mol. The van der Waals surface area contributed by atoms with Gasteiger partial charge in [0.15, 0.2) is 0 Å². The van der Waals surface area contributed by atoms with Gasteiger partial charge in [-0.1, -0.05) is 59.3 Å². The summed E-state index contributed by atoms with van der Waals surface area (Å²) in [4.78, 5) is 10.5. The molecule has 20 heavy (non-hydrogen) atoms. The van der Waals surface area contributed by atoms with Crippen LogP contribution in [0.2, 0.25) is 0 Å². The number of hydrogen-bond donors (Lipinski definition) is 2. The van der Waals surface area contributed by atoms with Crippen molar-refractivity contribution >= 4 is 6.09 Å². The summed E-state index contributed by atoms with van der Waals surface area (Å²) in [5.41, 5.74) is 0.461. The van der Waals surface area contributed by atoms with Gasteiger partial charge in [-0.3, -0.25) is 0 Å². The summed E-state index contributed by atoms with van der Waals surface area (Å²) in [7, 11) is 0. The van der Waals surface area contributed by atoms with Gasteiger partial charge in [-0.15, -0.1) is 0 Å². The first-order valence-electron chi connectivity index (χ1n) is 8.57. The Balaban J connectivity index is 4.44. The average molecular weight is 285 g/mol. The van der Waals surface area contributed by atoms with Crippen molar-refractivity contribution in [1.82, 2.24) is 5.32 Å². The fraction of sp³-hybridized carbons (Fsp3) is 0.941.